The van der Waals surface area contributed by atoms with Gasteiger partial charge in [-0.1, -0.05) is 48.5 Å². The fourth-order valence-electron chi connectivity index (χ4n) is 4.23. The molecule has 0 aliphatic heterocycles. The van der Waals surface area contributed by atoms with Crippen LogP contribution in [0, 0.1) is 0 Å². The van der Waals surface area contributed by atoms with E-state index in [-0.39, 0.29) is 30.8 Å². The van der Waals surface area contributed by atoms with Crippen molar-refractivity contribution in [3.63, 3.8) is 0 Å². The minimum absolute atomic E-state index is 0.148. The van der Waals surface area contributed by atoms with Crippen molar-refractivity contribution in [2.45, 2.75) is 70.5 Å². The smallest absolute Gasteiger partial charge is 0.242 e. The van der Waals surface area contributed by atoms with Gasteiger partial charge in [0.1, 0.15) is 17.5 Å². The first-order chi connectivity index (χ1) is 16.9. The maximum absolute atomic E-state index is 13.3. The Morgan fingerprint density at radius 2 is 1.66 bits per heavy atom. The van der Waals surface area contributed by atoms with Crippen molar-refractivity contribution >= 4 is 35.0 Å². The lowest BCUT2D eigenvalue weighted by atomic mass is 9.95. The number of rotatable bonds is 11. The third-order valence-electron chi connectivity index (χ3n) is 6.37. The first-order valence-electron chi connectivity index (χ1n) is 12.2. The van der Waals surface area contributed by atoms with Crippen molar-refractivity contribution in [1.82, 2.24) is 10.2 Å². The Morgan fingerprint density at radius 1 is 1.03 bits per heavy atom. The number of nitrogens with zero attached hydrogens (tertiary/aromatic N) is 1. The van der Waals surface area contributed by atoms with Crippen molar-refractivity contribution in [2.24, 2.45) is 0 Å². The second kappa shape index (κ2) is 13.6. The van der Waals surface area contributed by atoms with E-state index in [9.17, 15) is 9.59 Å². The molecule has 3 rings (SSSR count). The SMILES string of the molecule is COc1ccc(OCCCC(=O)N(Cc2c(Cl)cccc2Cl)C(C)C(=O)NC2CCCCC2)cc1. The van der Waals surface area contributed by atoms with Crippen LogP contribution >= 0.6 is 23.2 Å². The Bertz CT molecular complexity index is 957. The Morgan fingerprint density at radius 3 is 2.29 bits per heavy atom. The number of ether oxygens (including phenoxy) is 2. The molecule has 6 nitrogen and oxygen atoms in total. The summed E-state index contributed by atoms with van der Waals surface area (Å²) < 4.78 is 10.9. The zero-order chi connectivity index (χ0) is 25.2. The molecule has 1 aliphatic carbocycles. The predicted molar refractivity (Wildman–Crippen MR) is 139 cm³/mol. The van der Waals surface area contributed by atoms with Crippen LogP contribution in [0.3, 0.4) is 0 Å². The third kappa shape index (κ3) is 8.04. The number of amides is 2. The Hall–Kier alpha value is -2.44. The lowest BCUT2D eigenvalue weighted by molar-refractivity contribution is -0.141. The summed E-state index contributed by atoms with van der Waals surface area (Å²) in [5, 5.41) is 4.07. The van der Waals surface area contributed by atoms with E-state index < -0.39 is 6.04 Å². The highest BCUT2D eigenvalue weighted by molar-refractivity contribution is 6.36. The van der Waals surface area contributed by atoms with Gasteiger partial charge in [-0.15, -0.1) is 0 Å². The molecule has 2 aromatic carbocycles. The second-order valence-electron chi connectivity index (χ2n) is 8.87. The van der Waals surface area contributed by atoms with Gasteiger partial charge in [-0.25, -0.2) is 0 Å². The molecule has 190 valence electrons. The van der Waals surface area contributed by atoms with Gasteiger partial charge in [0.15, 0.2) is 0 Å². The average Bonchev–Trinajstić information content (AvgIpc) is 2.87. The number of hydrogen-bond donors (Lipinski definition) is 1. The molecular weight excluding hydrogens is 487 g/mol. The molecule has 0 spiro atoms. The lowest BCUT2D eigenvalue weighted by Crippen LogP contribution is -2.50. The second-order valence-corrected chi connectivity index (χ2v) is 9.68. The van der Waals surface area contributed by atoms with Crippen LogP contribution in [0.25, 0.3) is 0 Å². The van der Waals surface area contributed by atoms with E-state index in [0.717, 1.165) is 31.4 Å². The van der Waals surface area contributed by atoms with Gasteiger partial charge < -0.3 is 19.7 Å². The van der Waals surface area contributed by atoms with Crippen LogP contribution in [0.1, 0.15) is 57.4 Å². The van der Waals surface area contributed by atoms with E-state index in [4.69, 9.17) is 32.7 Å². The Kier molecular flexibility index (Phi) is 10.5. The molecule has 0 bridgehead atoms. The van der Waals surface area contributed by atoms with Gasteiger partial charge in [-0.3, -0.25) is 9.59 Å². The Balaban J connectivity index is 1.63. The third-order valence-corrected chi connectivity index (χ3v) is 7.08. The monoisotopic (exact) mass is 520 g/mol. The van der Waals surface area contributed by atoms with Gasteiger partial charge in [0.05, 0.1) is 13.7 Å². The molecule has 0 aromatic heterocycles. The summed E-state index contributed by atoms with van der Waals surface area (Å²) in [6, 6.07) is 12.0. The molecular formula is C27H34Cl2N2O4. The fraction of sp³-hybridized carbons (Fsp3) is 0.481. The maximum atomic E-state index is 13.3. The summed E-state index contributed by atoms with van der Waals surface area (Å²) in [6.45, 7) is 2.30. The molecule has 2 aromatic rings. The van der Waals surface area contributed by atoms with Gasteiger partial charge in [-0.05, 0) is 62.6 Å². The molecule has 1 unspecified atom stereocenters. The lowest BCUT2D eigenvalue weighted by Gasteiger charge is -2.31. The maximum Gasteiger partial charge on any atom is 0.242 e. The molecule has 0 heterocycles. The van der Waals surface area contributed by atoms with Crippen LogP contribution in [0.2, 0.25) is 10.0 Å². The van der Waals surface area contributed by atoms with Crippen LogP contribution in [-0.4, -0.2) is 42.5 Å². The normalized spacial score (nSPS) is 14.7. The van der Waals surface area contributed by atoms with Gasteiger partial charge in [-0.2, -0.15) is 0 Å². The summed E-state index contributed by atoms with van der Waals surface area (Å²) in [4.78, 5) is 27.9. The molecule has 1 atom stereocenters. The number of carbonyl (C=O) groups excluding carboxylic acids is 2. The van der Waals surface area contributed by atoms with Gasteiger partial charge in [0.25, 0.3) is 0 Å². The number of nitrogens with one attached hydrogen (secondary N) is 1. The van der Waals surface area contributed by atoms with Crippen LogP contribution in [0.4, 0.5) is 0 Å². The molecule has 0 saturated heterocycles. The molecule has 35 heavy (non-hydrogen) atoms. The van der Waals surface area contributed by atoms with Crippen LogP contribution < -0.4 is 14.8 Å². The first-order valence-corrected chi connectivity index (χ1v) is 12.9. The van der Waals surface area contributed by atoms with Crippen molar-refractivity contribution in [1.29, 1.82) is 0 Å². The van der Waals surface area contributed by atoms with Crippen molar-refractivity contribution < 1.29 is 19.1 Å². The molecule has 2 amide bonds. The zero-order valence-corrected chi connectivity index (χ0v) is 21.9. The highest BCUT2D eigenvalue weighted by Gasteiger charge is 2.29. The van der Waals surface area contributed by atoms with Crippen molar-refractivity contribution in [3.8, 4) is 11.5 Å². The first kappa shape index (κ1) is 27.2. The number of carbonyl (C=O) groups is 2. The highest BCUT2D eigenvalue weighted by atomic mass is 35.5. The van der Waals surface area contributed by atoms with Gasteiger partial charge >= 0.3 is 0 Å². The topological polar surface area (TPSA) is 67.9 Å². The minimum Gasteiger partial charge on any atom is -0.497 e. The van der Waals surface area contributed by atoms with E-state index in [1.165, 1.54) is 6.42 Å². The predicted octanol–water partition coefficient (Wildman–Crippen LogP) is 6.03. The summed E-state index contributed by atoms with van der Waals surface area (Å²) in [6.07, 6.45) is 6.14. The fourth-order valence-corrected chi connectivity index (χ4v) is 4.75. The number of halogens is 2. The summed E-state index contributed by atoms with van der Waals surface area (Å²) >= 11 is 12.8. The van der Waals surface area contributed by atoms with E-state index in [1.807, 2.05) is 24.3 Å². The molecule has 1 saturated carbocycles. The number of benzene rings is 2. The highest BCUT2D eigenvalue weighted by Crippen LogP contribution is 2.27. The Labute approximate surface area is 217 Å². The van der Waals surface area contributed by atoms with Crippen molar-refractivity contribution in [3.05, 3.63) is 58.1 Å². The minimum atomic E-state index is -0.653. The summed E-state index contributed by atoms with van der Waals surface area (Å²) in [5.74, 6) is 1.16. The average molecular weight is 521 g/mol. The number of hydrogen-bond acceptors (Lipinski definition) is 4. The summed E-state index contributed by atoms with van der Waals surface area (Å²) in [5.41, 5.74) is 0.635. The van der Waals surface area contributed by atoms with Crippen LogP contribution in [0.15, 0.2) is 42.5 Å². The molecule has 1 fully saturated rings. The van der Waals surface area contributed by atoms with Crippen LogP contribution in [0.5, 0.6) is 11.5 Å². The molecule has 1 aliphatic rings. The van der Waals surface area contributed by atoms with Crippen LogP contribution in [-0.2, 0) is 16.1 Å². The van der Waals surface area contributed by atoms with Crippen molar-refractivity contribution in [2.75, 3.05) is 13.7 Å². The zero-order valence-electron chi connectivity index (χ0n) is 20.4. The van der Waals surface area contributed by atoms with Gasteiger partial charge in [0, 0.05) is 34.6 Å². The number of methoxy groups -OCH3 is 1. The standard InChI is InChI=1S/C27H34Cl2N2O4/c1-19(27(33)30-20-8-4-3-5-9-20)31(18-23-24(28)10-6-11-25(23)29)26(32)12-7-17-35-22-15-13-21(34-2)14-16-22/h6,10-11,13-16,19-20H,3-5,7-9,12,17-18H2,1-2H3,(H,30,33). The van der Waals surface area contributed by atoms with E-state index in [1.54, 1.807) is 37.1 Å². The van der Waals surface area contributed by atoms with E-state index >= 15 is 0 Å². The summed E-state index contributed by atoms with van der Waals surface area (Å²) in [7, 11) is 1.61. The largest absolute Gasteiger partial charge is 0.497 e. The molecule has 1 N–H and O–H groups in total. The van der Waals surface area contributed by atoms with E-state index in [2.05, 4.69) is 5.32 Å². The van der Waals surface area contributed by atoms with Gasteiger partial charge in [0.2, 0.25) is 11.8 Å². The molecule has 8 heteroatoms. The molecule has 0 radical (unpaired) electrons. The van der Waals surface area contributed by atoms with E-state index in [0.29, 0.717) is 34.4 Å². The quantitative estimate of drug-likeness (QED) is 0.367.